The number of fused-ring (bicyclic) bond motifs is 1. The molecule has 3 N–H and O–H groups in total. The fraction of sp³-hybridized carbons (Fsp3) is 0.438. The number of benzene rings is 1. The Balaban J connectivity index is 1.71. The summed E-state index contributed by atoms with van der Waals surface area (Å²) in [5.74, 6) is 0. The summed E-state index contributed by atoms with van der Waals surface area (Å²) in [4.78, 5) is 4.50. The fourth-order valence-corrected chi connectivity index (χ4v) is 2.98. The summed E-state index contributed by atoms with van der Waals surface area (Å²) in [6.07, 6.45) is 6.62. The highest BCUT2D eigenvalue weighted by Gasteiger charge is 2.18. The molecule has 0 radical (unpaired) electrons. The number of nitrogens with zero attached hydrogens (tertiary/aromatic N) is 1. The van der Waals surface area contributed by atoms with Crippen LogP contribution in [0.25, 0.3) is 10.9 Å². The summed E-state index contributed by atoms with van der Waals surface area (Å²) in [5.41, 5.74) is 8.42. The van der Waals surface area contributed by atoms with E-state index < -0.39 is 0 Å². The van der Waals surface area contributed by atoms with Crippen LogP contribution in [0.5, 0.6) is 0 Å². The number of hydrogen-bond acceptors (Lipinski definition) is 3. The quantitative estimate of drug-likeness (QED) is 0.886. The number of rotatable bonds is 3. The molecule has 1 fully saturated rings. The molecule has 19 heavy (non-hydrogen) atoms. The van der Waals surface area contributed by atoms with Crippen molar-refractivity contribution in [3.05, 3.63) is 42.1 Å². The van der Waals surface area contributed by atoms with Crippen molar-refractivity contribution in [2.24, 2.45) is 5.73 Å². The molecule has 0 saturated heterocycles. The Hall–Kier alpha value is -1.45. The predicted molar refractivity (Wildman–Crippen MR) is 78.8 cm³/mol. The molecule has 3 nitrogen and oxygen atoms in total. The third-order valence-electron chi connectivity index (χ3n) is 4.01. The first-order valence-corrected chi connectivity index (χ1v) is 7.14. The summed E-state index contributed by atoms with van der Waals surface area (Å²) >= 11 is 0. The second kappa shape index (κ2) is 5.68. The van der Waals surface area contributed by atoms with E-state index in [9.17, 15) is 0 Å². The van der Waals surface area contributed by atoms with Crippen LogP contribution >= 0.6 is 0 Å². The van der Waals surface area contributed by atoms with Crippen molar-refractivity contribution >= 4 is 10.9 Å². The minimum absolute atomic E-state index is 0.372. The molecule has 1 heterocycles. The summed E-state index contributed by atoms with van der Waals surface area (Å²) < 4.78 is 0. The van der Waals surface area contributed by atoms with Crippen molar-refractivity contribution < 1.29 is 0 Å². The van der Waals surface area contributed by atoms with Gasteiger partial charge in [-0.1, -0.05) is 30.7 Å². The van der Waals surface area contributed by atoms with Gasteiger partial charge in [-0.15, -0.1) is 0 Å². The number of nitrogens with one attached hydrogen (secondary N) is 1. The SMILES string of the molecule is NC1CCCC(NCc2cccc3cccnc23)C1. The van der Waals surface area contributed by atoms with Crippen molar-refractivity contribution in [1.82, 2.24) is 10.3 Å². The standard InChI is InChI=1S/C16H21N3/c17-14-7-2-8-15(10-14)19-11-13-5-1-4-12-6-3-9-18-16(12)13/h1,3-6,9,14-15,19H,2,7-8,10-11,17H2. The van der Waals surface area contributed by atoms with Gasteiger partial charge in [-0.3, -0.25) is 4.98 Å². The van der Waals surface area contributed by atoms with Gasteiger partial charge in [0.25, 0.3) is 0 Å². The van der Waals surface area contributed by atoms with Crippen LogP contribution in [-0.2, 0) is 6.54 Å². The molecule has 1 aromatic heterocycles. The highest BCUT2D eigenvalue weighted by atomic mass is 14.9. The molecule has 2 aromatic rings. The van der Waals surface area contributed by atoms with Crippen LogP contribution in [0.2, 0.25) is 0 Å². The van der Waals surface area contributed by atoms with E-state index in [0.717, 1.165) is 18.5 Å². The Labute approximate surface area is 114 Å². The van der Waals surface area contributed by atoms with Gasteiger partial charge in [-0.05, 0) is 30.9 Å². The largest absolute Gasteiger partial charge is 0.328 e. The van der Waals surface area contributed by atoms with Gasteiger partial charge in [-0.2, -0.15) is 0 Å². The first kappa shape index (κ1) is 12.6. The molecule has 2 unspecified atom stereocenters. The number of hydrogen-bond donors (Lipinski definition) is 2. The summed E-state index contributed by atoms with van der Waals surface area (Å²) in [6.45, 7) is 0.881. The Morgan fingerprint density at radius 1 is 1.21 bits per heavy atom. The topological polar surface area (TPSA) is 50.9 Å². The van der Waals surface area contributed by atoms with Crippen LogP contribution < -0.4 is 11.1 Å². The molecule has 0 amide bonds. The second-order valence-corrected chi connectivity index (χ2v) is 5.50. The molecule has 1 saturated carbocycles. The van der Waals surface area contributed by atoms with Crippen LogP contribution in [0.15, 0.2) is 36.5 Å². The molecule has 0 spiro atoms. The number of nitrogens with two attached hydrogens (primary N) is 1. The predicted octanol–water partition coefficient (Wildman–Crippen LogP) is 2.59. The highest BCUT2D eigenvalue weighted by molar-refractivity contribution is 5.81. The third kappa shape index (κ3) is 2.94. The van der Waals surface area contributed by atoms with Crippen LogP contribution in [0.3, 0.4) is 0 Å². The van der Waals surface area contributed by atoms with Gasteiger partial charge in [0.2, 0.25) is 0 Å². The van der Waals surface area contributed by atoms with Crippen LogP contribution in [0, 0.1) is 0 Å². The zero-order valence-electron chi connectivity index (χ0n) is 11.2. The molecule has 3 heteroatoms. The minimum Gasteiger partial charge on any atom is -0.328 e. The van der Waals surface area contributed by atoms with E-state index >= 15 is 0 Å². The Bertz CT molecular complexity index is 547. The second-order valence-electron chi connectivity index (χ2n) is 5.50. The van der Waals surface area contributed by atoms with Crippen LogP contribution in [0.1, 0.15) is 31.2 Å². The van der Waals surface area contributed by atoms with E-state index in [0.29, 0.717) is 12.1 Å². The maximum absolute atomic E-state index is 6.03. The van der Waals surface area contributed by atoms with E-state index in [1.807, 2.05) is 12.3 Å². The van der Waals surface area contributed by atoms with E-state index in [2.05, 4.69) is 34.6 Å². The third-order valence-corrected chi connectivity index (χ3v) is 4.01. The monoisotopic (exact) mass is 255 g/mol. The van der Waals surface area contributed by atoms with Crippen molar-refractivity contribution in [1.29, 1.82) is 0 Å². The molecule has 1 aliphatic carbocycles. The molecule has 3 rings (SSSR count). The summed E-state index contributed by atoms with van der Waals surface area (Å²) in [6, 6.07) is 11.4. The number of pyridine rings is 1. The average molecular weight is 255 g/mol. The Morgan fingerprint density at radius 3 is 3.00 bits per heavy atom. The van der Waals surface area contributed by atoms with Gasteiger partial charge in [0.1, 0.15) is 0 Å². The van der Waals surface area contributed by atoms with Gasteiger partial charge in [-0.25, -0.2) is 0 Å². The van der Waals surface area contributed by atoms with Crippen molar-refractivity contribution in [2.45, 2.75) is 44.3 Å². The van der Waals surface area contributed by atoms with Gasteiger partial charge >= 0.3 is 0 Å². The van der Waals surface area contributed by atoms with Crippen molar-refractivity contribution in [3.63, 3.8) is 0 Å². The molecule has 1 aromatic carbocycles. The average Bonchev–Trinajstić information content (AvgIpc) is 2.45. The molecule has 1 aliphatic rings. The molecule has 0 bridgehead atoms. The maximum Gasteiger partial charge on any atom is 0.0746 e. The molecule has 100 valence electrons. The van der Waals surface area contributed by atoms with Gasteiger partial charge in [0.15, 0.2) is 0 Å². The zero-order chi connectivity index (χ0) is 13.1. The molecular weight excluding hydrogens is 234 g/mol. The van der Waals surface area contributed by atoms with Crippen molar-refractivity contribution in [2.75, 3.05) is 0 Å². The van der Waals surface area contributed by atoms with Crippen LogP contribution in [0.4, 0.5) is 0 Å². The van der Waals surface area contributed by atoms with Gasteiger partial charge in [0, 0.05) is 30.2 Å². The lowest BCUT2D eigenvalue weighted by molar-refractivity contribution is 0.339. The lowest BCUT2D eigenvalue weighted by Gasteiger charge is -2.27. The van der Waals surface area contributed by atoms with E-state index in [4.69, 9.17) is 5.73 Å². The highest BCUT2D eigenvalue weighted by Crippen LogP contribution is 2.19. The Morgan fingerprint density at radius 2 is 2.11 bits per heavy atom. The lowest BCUT2D eigenvalue weighted by atomic mass is 9.91. The van der Waals surface area contributed by atoms with Crippen LogP contribution in [-0.4, -0.2) is 17.1 Å². The minimum atomic E-state index is 0.372. The first-order valence-electron chi connectivity index (χ1n) is 7.14. The normalized spacial score (nSPS) is 23.6. The Kier molecular flexibility index (Phi) is 3.76. The maximum atomic E-state index is 6.03. The summed E-state index contributed by atoms with van der Waals surface area (Å²) in [7, 11) is 0. The number of para-hydroxylation sites is 1. The summed E-state index contributed by atoms with van der Waals surface area (Å²) in [5, 5.41) is 4.85. The number of aromatic nitrogens is 1. The molecule has 0 aliphatic heterocycles. The van der Waals surface area contributed by atoms with E-state index in [1.54, 1.807) is 0 Å². The zero-order valence-corrected chi connectivity index (χ0v) is 11.2. The van der Waals surface area contributed by atoms with Crippen molar-refractivity contribution in [3.8, 4) is 0 Å². The van der Waals surface area contributed by atoms with Gasteiger partial charge in [0.05, 0.1) is 5.52 Å². The van der Waals surface area contributed by atoms with Gasteiger partial charge < -0.3 is 11.1 Å². The molecule has 2 atom stereocenters. The first-order chi connectivity index (χ1) is 9.33. The van der Waals surface area contributed by atoms with E-state index in [-0.39, 0.29) is 0 Å². The smallest absolute Gasteiger partial charge is 0.0746 e. The van der Waals surface area contributed by atoms with E-state index in [1.165, 1.54) is 30.2 Å². The lowest BCUT2D eigenvalue weighted by Crippen LogP contribution is -2.39. The fourth-order valence-electron chi connectivity index (χ4n) is 2.98. The molecular formula is C16H21N3.